The maximum absolute atomic E-state index is 12.8. The predicted molar refractivity (Wildman–Crippen MR) is 90.4 cm³/mol. The first-order valence-corrected chi connectivity index (χ1v) is 8.33. The molecule has 0 aliphatic carbocycles. The maximum atomic E-state index is 12.8. The third-order valence-corrected chi connectivity index (χ3v) is 3.94. The number of hydrogen-bond acceptors (Lipinski definition) is 3. The molecule has 0 unspecified atom stereocenters. The van der Waals surface area contributed by atoms with E-state index in [1.54, 1.807) is 18.2 Å². The molecule has 3 nitrogen and oxygen atoms in total. The molecule has 0 aromatic heterocycles. The Morgan fingerprint density at radius 1 is 1.00 bits per heavy atom. The van der Waals surface area contributed by atoms with E-state index >= 15 is 0 Å². The van der Waals surface area contributed by atoms with Crippen LogP contribution in [0.2, 0.25) is 0 Å². The number of anilines is 1. The van der Waals surface area contributed by atoms with Gasteiger partial charge in [0.1, 0.15) is 5.75 Å². The van der Waals surface area contributed by atoms with Gasteiger partial charge in [-0.2, -0.15) is 13.2 Å². The summed E-state index contributed by atoms with van der Waals surface area (Å²) >= 11 is 3.21. The fourth-order valence-corrected chi connectivity index (χ4v) is 2.69. The van der Waals surface area contributed by atoms with Gasteiger partial charge >= 0.3 is 12.5 Å². The molecule has 2 aromatic carbocycles. The highest BCUT2D eigenvalue weighted by atomic mass is 79.9. The zero-order valence-electron chi connectivity index (χ0n) is 13.6. The van der Waals surface area contributed by atoms with E-state index in [2.05, 4.69) is 20.7 Å². The van der Waals surface area contributed by atoms with Crippen LogP contribution in [0, 0.1) is 0 Å². The average molecular weight is 458 g/mol. The van der Waals surface area contributed by atoms with E-state index in [0.717, 1.165) is 12.1 Å². The number of nitrogens with zero attached hydrogens (tertiary/aromatic N) is 1. The van der Waals surface area contributed by atoms with Gasteiger partial charge in [0, 0.05) is 16.7 Å². The fraction of sp³-hybridized carbons (Fsp3) is 0.294. The lowest BCUT2D eigenvalue weighted by molar-refractivity contribution is -0.274. The topological polar surface area (TPSA) is 32.7 Å². The van der Waals surface area contributed by atoms with E-state index in [-0.39, 0.29) is 12.1 Å². The van der Waals surface area contributed by atoms with Crippen LogP contribution in [0.25, 0.3) is 0 Å². The summed E-state index contributed by atoms with van der Waals surface area (Å²) in [6, 6.07) is 11.3. The molecular formula is C17H14BrF6NO2. The Hall–Kier alpha value is -1.94. The van der Waals surface area contributed by atoms with E-state index in [1.807, 2.05) is 0 Å². The summed E-state index contributed by atoms with van der Waals surface area (Å²) in [7, 11) is 0. The van der Waals surface area contributed by atoms with Crippen LogP contribution in [-0.4, -0.2) is 30.3 Å². The molecule has 0 radical (unpaired) electrons. The number of halogens is 7. The lowest BCUT2D eigenvalue weighted by atomic mass is 10.1. The first-order chi connectivity index (χ1) is 12.4. The zero-order chi connectivity index (χ0) is 20.2. The van der Waals surface area contributed by atoms with Crippen molar-refractivity contribution in [2.24, 2.45) is 0 Å². The van der Waals surface area contributed by atoms with Gasteiger partial charge in [0.05, 0.1) is 6.54 Å². The van der Waals surface area contributed by atoms with E-state index in [9.17, 15) is 31.4 Å². The van der Waals surface area contributed by atoms with Gasteiger partial charge < -0.3 is 14.7 Å². The van der Waals surface area contributed by atoms with Crippen LogP contribution in [0.4, 0.5) is 32.0 Å². The SMILES string of the molecule is O[C@H](CN(Cc1cccc(OC(F)(F)F)c1)c1cccc(Br)c1)C(F)(F)F. The lowest BCUT2D eigenvalue weighted by Crippen LogP contribution is -2.40. The van der Waals surface area contributed by atoms with Gasteiger partial charge in [-0.05, 0) is 35.9 Å². The van der Waals surface area contributed by atoms with E-state index in [4.69, 9.17) is 0 Å². The molecule has 0 spiro atoms. The number of hydrogen-bond donors (Lipinski definition) is 1. The molecule has 2 rings (SSSR count). The van der Waals surface area contributed by atoms with E-state index < -0.39 is 30.9 Å². The highest BCUT2D eigenvalue weighted by Crippen LogP contribution is 2.28. The second-order valence-corrected chi connectivity index (χ2v) is 6.53. The standard InChI is InChI=1S/C17H14BrF6NO2/c18-12-4-2-5-13(8-12)25(10-15(26)16(19,20)21)9-11-3-1-6-14(7-11)27-17(22,23)24/h1-8,15,26H,9-10H2/t15-/m1/s1. The normalized spacial score (nSPS) is 13.3. The van der Waals surface area contributed by atoms with Crippen molar-refractivity contribution in [2.75, 3.05) is 11.4 Å². The minimum Gasteiger partial charge on any atom is -0.406 e. The molecule has 1 N–H and O–H groups in total. The third kappa shape index (κ3) is 6.94. The summed E-state index contributed by atoms with van der Waals surface area (Å²) < 4.78 is 79.8. The van der Waals surface area contributed by atoms with E-state index in [1.165, 1.54) is 23.1 Å². The van der Waals surface area contributed by atoms with Crippen LogP contribution in [0.5, 0.6) is 5.75 Å². The monoisotopic (exact) mass is 457 g/mol. The number of alkyl halides is 6. The van der Waals surface area contributed by atoms with Crippen molar-refractivity contribution in [1.29, 1.82) is 0 Å². The van der Waals surface area contributed by atoms with Crippen molar-refractivity contribution in [3.8, 4) is 5.75 Å². The molecule has 10 heteroatoms. The van der Waals surface area contributed by atoms with Crippen LogP contribution < -0.4 is 9.64 Å². The summed E-state index contributed by atoms with van der Waals surface area (Å²) in [5.41, 5.74) is 0.640. The van der Waals surface area contributed by atoms with Crippen LogP contribution in [-0.2, 0) is 6.54 Å². The first-order valence-electron chi connectivity index (χ1n) is 7.54. The molecule has 2 aromatic rings. The van der Waals surface area contributed by atoms with Crippen LogP contribution >= 0.6 is 15.9 Å². The van der Waals surface area contributed by atoms with Crippen LogP contribution in [0.3, 0.4) is 0 Å². The number of benzene rings is 2. The van der Waals surface area contributed by atoms with Crippen molar-refractivity contribution in [2.45, 2.75) is 25.2 Å². The summed E-state index contributed by atoms with van der Waals surface area (Å²) in [5.74, 6) is -0.481. The second kappa shape index (κ2) is 8.39. The van der Waals surface area contributed by atoms with Gasteiger partial charge in [-0.1, -0.05) is 34.1 Å². The number of ether oxygens (including phenoxy) is 1. The number of aliphatic hydroxyl groups excluding tert-OH is 1. The molecule has 148 valence electrons. The summed E-state index contributed by atoms with van der Waals surface area (Å²) in [6.07, 6.45) is -12.3. The Labute approximate surface area is 159 Å². The minimum absolute atomic E-state index is 0.168. The van der Waals surface area contributed by atoms with Gasteiger partial charge in [-0.25, -0.2) is 0 Å². The van der Waals surface area contributed by atoms with Crippen molar-refractivity contribution < 1.29 is 36.2 Å². The molecule has 0 aliphatic rings. The smallest absolute Gasteiger partial charge is 0.406 e. The molecule has 1 atom stereocenters. The number of aliphatic hydroxyl groups is 1. The van der Waals surface area contributed by atoms with Gasteiger partial charge in [0.25, 0.3) is 0 Å². The molecule has 0 amide bonds. The highest BCUT2D eigenvalue weighted by molar-refractivity contribution is 9.10. The third-order valence-electron chi connectivity index (χ3n) is 3.45. The van der Waals surface area contributed by atoms with Gasteiger partial charge in [-0.15, -0.1) is 13.2 Å². The van der Waals surface area contributed by atoms with E-state index in [0.29, 0.717) is 10.2 Å². The Bertz CT molecular complexity index is 766. The van der Waals surface area contributed by atoms with Crippen molar-refractivity contribution in [1.82, 2.24) is 0 Å². The Kier molecular flexibility index (Phi) is 6.63. The molecule has 0 aliphatic heterocycles. The summed E-state index contributed by atoms with van der Waals surface area (Å²) in [5, 5.41) is 9.42. The van der Waals surface area contributed by atoms with Crippen molar-refractivity contribution in [3.63, 3.8) is 0 Å². The van der Waals surface area contributed by atoms with Gasteiger partial charge in [-0.3, -0.25) is 0 Å². The molecule has 0 saturated heterocycles. The van der Waals surface area contributed by atoms with Gasteiger partial charge in [0.15, 0.2) is 6.10 Å². The van der Waals surface area contributed by atoms with Crippen LogP contribution in [0.15, 0.2) is 53.0 Å². The Morgan fingerprint density at radius 3 is 2.26 bits per heavy atom. The zero-order valence-corrected chi connectivity index (χ0v) is 15.1. The van der Waals surface area contributed by atoms with Crippen molar-refractivity contribution >= 4 is 21.6 Å². The molecular weight excluding hydrogens is 444 g/mol. The van der Waals surface area contributed by atoms with Gasteiger partial charge in [0.2, 0.25) is 0 Å². The predicted octanol–water partition coefficient (Wildman–Crippen LogP) is 5.28. The summed E-state index contributed by atoms with van der Waals surface area (Å²) in [4.78, 5) is 1.22. The Morgan fingerprint density at radius 2 is 1.67 bits per heavy atom. The quantitative estimate of drug-likeness (QED) is 0.599. The maximum Gasteiger partial charge on any atom is 0.573 e. The van der Waals surface area contributed by atoms with Crippen molar-refractivity contribution in [3.05, 3.63) is 58.6 Å². The first kappa shape index (κ1) is 21.4. The highest BCUT2D eigenvalue weighted by Gasteiger charge is 2.39. The number of rotatable bonds is 6. The summed E-state index contributed by atoms with van der Waals surface area (Å²) in [6.45, 7) is -0.955. The Balaban J connectivity index is 2.28. The molecule has 27 heavy (non-hydrogen) atoms. The molecule has 0 bridgehead atoms. The van der Waals surface area contributed by atoms with Crippen LogP contribution in [0.1, 0.15) is 5.56 Å². The molecule has 0 heterocycles. The largest absolute Gasteiger partial charge is 0.573 e. The minimum atomic E-state index is -4.88. The fourth-order valence-electron chi connectivity index (χ4n) is 2.31. The molecule has 0 saturated carbocycles. The average Bonchev–Trinajstić information content (AvgIpc) is 2.52. The second-order valence-electron chi connectivity index (χ2n) is 5.61. The molecule has 0 fully saturated rings. The lowest BCUT2D eigenvalue weighted by Gasteiger charge is -2.28.